The summed E-state index contributed by atoms with van der Waals surface area (Å²) < 4.78 is 11.7. The maximum atomic E-state index is 9.47. The molecule has 0 aromatic heterocycles. The van der Waals surface area contributed by atoms with Crippen molar-refractivity contribution in [2.45, 2.75) is 58.5 Å². The summed E-state index contributed by atoms with van der Waals surface area (Å²) in [5.74, 6) is 0.306. The lowest BCUT2D eigenvalue weighted by Crippen LogP contribution is -2.03. The molecule has 0 saturated heterocycles. The van der Waals surface area contributed by atoms with Crippen molar-refractivity contribution < 1.29 is 14.2 Å². The van der Waals surface area contributed by atoms with Gasteiger partial charge in [0.2, 0.25) is 0 Å². The van der Waals surface area contributed by atoms with Crippen LogP contribution in [0.2, 0.25) is 0 Å². The zero-order chi connectivity index (χ0) is 15.5. The molecule has 0 bridgehead atoms. The van der Waals surface area contributed by atoms with Gasteiger partial charge in [-0.15, -0.1) is 0 Å². The predicted molar refractivity (Wildman–Crippen MR) is 89.8 cm³/mol. The van der Waals surface area contributed by atoms with Gasteiger partial charge in [-0.05, 0) is 38.0 Å². The fourth-order valence-corrected chi connectivity index (χ4v) is 4.08. The molecule has 1 aromatic rings. The van der Waals surface area contributed by atoms with Gasteiger partial charge in [0.1, 0.15) is 5.75 Å². The Morgan fingerprint density at radius 2 is 1.57 bits per heavy atom. The minimum atomic E-state index is -0.913. The molecule has 1 rings (SSSR count). The summed E-state index contributed by atoms with van der Waals surface area (Å²) in [6, 6.07) is 7.49. The lowest BCUT2D eigenvalue weighted by atomic mass is 10.0. The zero-order valence-electron chi connectivity index (χ0n) is 13.5. The molecule has 1 N–H and O–H groups in total. The number of rotatable bonds is 11. The lowest BCUT2D eigenvalue weighted by Gasteiger charge is -2.26. The van der Waals surface area contributed by atoms with Crippen LogP contribution in [-0.2, 0) is 9.05 Å². The maximum Gasteiger partial charge on any atom is 0.178 e. The molecule has 21 heavy (non-hydrogen) atoms. The van der Waals surface area contributed by atoms with Crippen LogP contribution in [0.4, 0.5) is 0 Å². The van der Waals surface area contributed by atoms with E-state index in [1.807, 2.05) is 26.0 Å². The smallest absolute Gasteiger partial charge is 0.178 e. The molecule has 1 unspecified atom stereocenters. The van der Waals surface area contributed by atoms with Crippen LogP contribution in [0.3, 0.4) is 0 Å². The van der Waals surface area contributed by atoms with Gasteiger partial charge in [-0.3, -0.25) is 0 Å². The second kappa shape index (κ2) is 11.0. The van der Waals surface area contributed by atoms with Crippen molar-refractivity contribution in [1.29, 1.82) is 0 Å². The van der Waals surface area contributed by atoms with E-state index in [9.17, 15) is 5.11 Å². The summed E-state index contributed by atoms with van der Waals surface area (Å²) in [5, 5.41) is 9.47. The van der Waals surface area contributed by atoms with Gasteiger partial charge >= 0.3 is 0 Å². The molecule has 0 spiro atoms. The summed E-state index contributed by atoms with van der Waals surface area (Å²) in [6.07, 6.45) is 6.06. The fraction of sp³-hybridized carbons (Fsp3) is 0.647. The van der Waals surface area contributed by atoms with Crippen molar-refractivity contribution >= 4 is 8.38 Å². The van der Waals surface area contributed by atoms with Crippen LogP contribution >= 0.6 is 8.38 Å². The van der Waals surface area contributed by atoms with Gasteiger partial charge in [0.15, 0.2) is 8.38 Å². The summed E-state index contributed by atoms with van der Waals surface area (Å²) in [6.45, 7) is 7.61. The van der Waals surface area contributed by atoms with Gasteiger partial charge < -0.3 is 14.2 Å². The summed E-state index contributed by atoms with van der Waals surface area (Å²) >= 11 is 0. The van der Waals surface area contributed by atoms with Gasteiger partial charge in [-0.2, -0.15) is 0 Å². The second-order valence-corrected chi connectivity index (χ2v) is 6.79. The molecule has 1 aromatic carbocycles. The van der Waals surface area contributed by atoms with E-state index in [4.69, 9.17) is 9.05 Å². The first-order chi connectivity index (χ1) is 10.2. The Morgan fingerprint density at radius 1 is 0.952 bits per heavy atom. The van der Waals surface area contributed by atoms with E-state index in [-0.39, 0.29) is 5.66 Å². The van der Waals surface area contributed by atoms with Gasteiger partial charge in [-0.1, -0.05) is 44.7 Å². The molecule has 3 nitrogen and oxygen atoms in total. The molecule has 0 saturated carbocycles. The van der Waals surface area contributed by atoms with Crippen LogP contribution in [0.15, 0.2) is 24.3 Å². The van der Waals surface area contributed by atoms with Crippen molar-refractivity contribution in [3.63, 3.8) is 0 Å². The molecule has 0 amide bonds. The number of hydrogen-bond donors (Lipinski definition) is 1. The summed E-state index contributed by atoms with van der Waals surface area (Å²) in [4.78, 5) is 0. The van der Waals surface area contributed by atoms with Crippen molar-refractivity contribution in [1.82, 2.24) is 0 Å². The molecule has 0 fully saturated rings. The van der Waals surface area contributed by atoms with Gasteiger partial charge in [0.05, 0.1) is 18.9 Å². The molecule has 1 atom stereocenters. The van der Waals surface area contributed by atoms with Crippen LogP contribution in [0, 0.1) is 0 Å². The Labute approximate surface area is 130 Å². The Hall–Kier alpha value is -0.630. The highest BCUT2D eigenvalue weighted by Crippen LogP contribution is 2.55. The van der Waals surface area contributed by atoms with Crippen LogP contribution in [-0.4, -0.2) is 18.3 Å². The molecule has 4 heteroatoms. The molecule has 0 radical (unpaired) electrons. The normalized spacial score (nSPS) is 12.8. The van der Waals surface area contributed by atoms with E-state index in [0.717, 1.165) is 6.42 Å². The lowest BCUT2D eigenvalue weighted by molar-refractivity contribution is 0.260. The molecule has 120 valence electrons. The molecule has 0 aliphatic rings. The Kier molecular flexibility index (Phi) is 9.65. The van der Waals surface area contributed by atoms with E-state index in [2.05, 4.69) is 6.92 Å². The van der Waals surface area contributed by atoms with E-state index >= 15 is 0 Å². The quantitative estimate of drug-likeness (QED) is 0.415. The molecule has 0 aliphatic heterocycles. The highest BCUT2D eigenvalue weighted by Gasteiger charge is 2.25. The minimum absolute atomic E-state index is 0.289. The van der Waals surface area contributed by atoms with Gasteiger partial charge in [-0.25, -0.2) is 0 Å². The molecular formula is C17H29O3P. The largest absolute Gasteiger partial charge is 0.508 e. The number of unbranched alkanes of at least 4 members (excludes halogenated alkanes) is 3. The SMILES string of the molecule is CCCCCCC(c1ccc(O)cc1)P(OCC)OCC. The predicted octanol–water partition coefficient (Wildman–Crippen LogP) is 5.79. The van der Waals surface area contributed by atoms with Gasteiger partial charge in [0, 0.05) is 0 Å². The molecular weight excluding hydrogens is 283 g/mol. The number of hydrogen-bond acceptors (Lipinski definition) is 3. The Bertz CT molecular complexity index is 361. The van der Waals surface area contributed by atoms with E-state index in [0.29, 0.717) is 19.0 Å². The summed E-state index contributed by atoms with van der Waals surface area (Å²) in [5.41, 5.74) is 1.50. The van der Waals surface area contributed by atoms with E-state index < -0.39 is 8.38 Å². The number of phenols is 1. The standard InChI is InChI=1S/C17H29O3P/c1-4-7-8-9-10-17(21(19-5-2)20-6-3)15-11-13-16(18)14-12-15/h11-14,17-18H,4-10H2,1-3H3. The first-order valence-electron chi connectivity index (χ1n) is 8.06. The third-order valence-corrected chi connectivity index (χ3v) is 5.47. The first-order valence-corrected chi connectivity index (χ1v) is 9.31. The maximum absolute atomic E-state index is 9.47. The topological polar surface area (TPSA) is 38.7 Å². The van der Waals surface area contributed by atoms with Crippen LogP contribution < -0.4 is 0 Å². The number of benzene rings is 1. The van der Waals surface area contributed by atoms with Crippen molar-refractivity contribution in [3.8, 4) is 5.75 Å². The highest BCUT2D eigenvalue weighted by molar-refractivity contribution is 7.47. The zero-order valence-corrected chi connectivity index (χ0v) is 14.4. The Balaban J connectivity index is 2.78. The number of aromatic hydroxyl groups is 1. The van der Waals surface area contributed by atoms with Crippen molar-refractivity contribution in [2.24, 2.45) is 0 Å². The second-order valence-electron chi connectivity index (χ2n) is 5.08. The average molecular weight is 312 g/mol. The number of phenolic OH excluding ortho intramolecular Hbond substituents is 1. The van der Waals surface area contributed by atoms with Crippen molar-refractivity contribution in [3.05, 3.63) is 29.8 Å². The van der Waals surface area contributed by atoms with Crippen LogP contribution in [0.1, 0.15) is 64.1 Å². The first kappa shape index (κ1) is 18.4. The highest BCUT2D eigenvalue weighted by atomic mass is 31.2. The average Bonchev–Trinajstić information content (AvgIpc) is 2.49. The Morgan fingerprint density at radius 3 is 2.10 bits per heavy atom. The third-order valence-electron chi connectivity index (χ3n) is 3.38. The molecule has 0 aliphatic carbocycles. The summed E-state index contributed by atoms with van der Waals surface area (Å²) in [7, 11) is -0.913. The molecule has 0 heterocycles. The van der Waals surface area contributed by atoms with Crippen LogP contribution in [0.5, 0.6) is 5.75 Å². The fourth-order valence-electron chi connectivity index (χ4n) is 2.33. The third kappa shape index (κ3) is 6.78. The monoisotopic (exact) mass is 312 g/mol. The van der Waals surface area contributed by atoms with E-state index in [1.165, 1.54) is 31.2 Å². The van der Waals surface area contributed by atoms with E-state index in [1.54, 1.807) is 12.1 Å². The van der Waals surface area contributed by atoms with Crippen LogP contribution in [0.25, 0.3) is 0 Å². The van der Waals surface area contributed by atoms with Gasteiger partial charge in [0.25, 0.3) is 0 Å². The minimum Gasteiger partial charge on any atom is -0.508 e. The van der Waals surface area contributed by atoms with Crippen molar-refractivity contribution in [2.75, 3.05) is 13.2 Å².